The zero-order valence-corrected chi connectivity index (χ0v) is 17.0. The minimum Gasteiger partial charge on any atom is -0.492 e. The standard InChI is InChI=1S/C21H26N2O4S/c1-3-27-20-10-5-4-9-19(20)22-21(24)17-11-13-18(14-12-17)28(25,26)23-15-7-6-8-16(23)2/h4-5,9-14,16H,3,6-8,15H2,1-2H3,(H,22,24)/t16-/m1/s1. The minimum absolute atomic E-state index is 0.00297. The molecule has 0 radical (unpaired) electrons. The average molecular weight is 403 g/mol. The maximum Gasteiger partial charge on any atom is 0.255 e. The van der Waals surface area contributed by atoms with Crippen molar-refractivity contribution in [3.63, 3.8) is 0 Å². The molecular formula is C21H26N2O4S. The first kappa shape index (κ1) is 20.4. The van der Waals surface area contributed by atoms with E-state index >= 15 is 0 Å². The van der Waals surface area contributed by atoms with Gasteiger partial charge in [0, 0.05) is 18.2 Å². The molecule has 1 N–H and O–H groups in total. The molecule has 0 aromatic heterocycles. The molecule has 2 aromatic rings. The van der Waals surface area contributed by atoms with Crippen molar-refractivity contribution < 1.29 is 17.9 Å². The molecule has 0 saturated carbocycles. The normalized spacial score (nSPS) is 17.9. The van der Waals surface area contributed by atoms with Gasteiger partial charge in [-0.1, -0.05) is 18.6 Å². The summed E-state index contributed by atoms with van der Waals surface area (Å²) in [5.74, 6) is 0.277. The van der Waals surface area contributed by atoms with Crippen LogP contribution in [-0.4, -0.2) is 37.8 Å². The molecule has 0 bridgehead atoms. The quantitative estimate of drug-likeness (QED) is 0.795. The molecule has 7 heteroatoms. The molecule has 0 spiro atoms. The summed E-state index contributed by atoms with van der Waals surface area (Å²) in [7, 11) is -3.55. The second-order valence-electron chi connectivity index (χ2n) is 6.87. The van der Waals surface area contributed by atoms with E-state index in [0.717, 1.165) is 19.3 Å². The van der Waals surface area contributed by atoms with Crippen LogP contribution in [0.2, 0.25) is 0 Å². The highest BCUT2D eigenvalue weighted by molar-refractivity contribution is 7.89. The molecule has 28 heavy (non-hydrogen) atoms. The summed E-state index contributed by atoms with van der Waals surface area (Å²) in [5.41, 5.74) is 0.963. The molecule has 1 atom stereocenters. The van der Waals surface area contributed by atoms with Crippen LogP contribution >= 0.6 is 0 Å². The number of anilines is 1. The summed E-state index contributed by atoms with van der Waals surface area (Å²) in [5, 5.41) is 2.82. The Kier molecular flexibility index (Phi) is 6.36. The summed E-state index contributed by atoms with van der Waals surface area (Å²) in [6, 6.07) is 13.3. The fourth-order valence-corrected chi connectivity index (χ4v) is 5.09. The molecule has 6 nitrogen and oxygen atoms in total. The van der Waals surface area contributed by atoms with Gasteiger partial charge in [-0.3, -0.25) is 4.79 Å². The van der Waals surface area contributed by atoms with Gasteiger partial charge >= 0.3 is 0 Å². The number of nitrogens with zero attached hydrogens (tertiary/aromatic N) is 1. The highest BCUT2D eigenvalue weighted by atomic mass is 32.2. The van der Waals surface area contributed by atoms with Gasteiger partial charge in [-0.15, -0.1) is 0 Å². The van der Waals surface area contributed by atoms with E-state index in [0.29, 0.717) is 30.2 Å². The number of carbonyl (C=O) groups excluding carboxylic acids is 1. The fraction of sp³-hybridized carbons (Fsp3) is 0.381. The molecule has 1 aliphatic rings. The van der Waals surface area contributed by atoms with Crippen LogP contribution in [0.3, 0.4) is 0 Å². The van der Waals surface area contributed by atoms with E-state index < -0.39 is 10.0 Å². The summed E-state index contributed by atoms with van der Waals surface area (Å²) in [4.78, 5) is 12.8. The number of benzene rings is 2. The predicted octanol–water partition coefficient (Wildman–Crippen LogP) is 3.90. The molecule has 1 saturated heterocycles. The minimum atomic E-state index is -3.55. The highest BCUT2D eigenvalue weighted by Gasteiger charge is 2.30. The van der Waals surface area contributed by atoms with E-state index in [2.05, 4.69) is 5.32 Å². The van der Waals surface area contributed by atoms with Gasteiger partial charge in [0.05, 0.1) is 17.2 Å². The van der Waals surface area contributed by atoms with E-state index in [9.17, 15) is 13.2 Å². The zero-order valence-electron chi connectivity index (χ0n) is 16.2. The molecule has 150 valence electrons. The molecule has 0 unspecified atom stereocenters. The first-order valence-corrected chi connectivity index (χ1v) is 11.0. The number of ether oxygens (including phenoxy) is 1. The fourth-order valence-electron chi connectivity index (χ4n) is 3.39. The Labute approximate surface area is 166 Å². The summed E-state index contributed by atoms with van der Waals surface area (Å²) in [6.45, 7) is 4.85. The number of sulfonamides is 1. The number of nitrogens with one attached hydrogen (secondary N) is 1. The first-order chi connectivity index (χ1) is 13.4. The lowest BCUT2D eigenvalue weighted by Crippen LogP contribution is -2.41. The van der Waals surface area contributed by atoms with Crippen molar-refractivity contribution >= 4 is 21.6 Å². The van der Waals surface area contributed by atoms with Crippen LogP contribution in [0, 0.1) is 0 Å². The zero-order chi connectivity index (χ0) is 20.1. The van der Waals surface area contributed by atoms with Crippen molar-refractivity contribution in [1.29, 1.82) is 0 Å². The number of amides is 1. The van der Waals surface area contributed by atoms with Crippen molar-refractivity contribution in [1.82, 2.24) is 4.31 Å². The van der Waals surface area contributed by atoms with Crippen molar-refractivity contribution in [2.75, 3.05) is 18.5 Å². The van der Waals surface area contributed by atoms with Gasteiger partial charge in [-0.2, -0.15) is 4.31 Å². The van der Waals surface area contributed by atoms with Crippen molar-refractivity contribution in [3.8, 4) is 5.75 Å². The third kappa shape index (κ3) is 4.36. The SMILES string of the molecule is CCOc1ccccc1NC(=O)c1ccc(S(=O)(=O)N2CCCC[C@H]2C)cc1. The van der Waals surface area contributed by atoms with Crippen LogP contribution in [0.5, 0.6) is 5.75 Å². The lowest BCUT2D eigenvalue weighted by atomic mass is 10.1. The highest BCUT2D eigenvalue weighted by Crippen LogP contribution is 2.26. The Balaban J connectivity index is 1.76. The van der Waals surface area contributed by atoms with Gasteiger partial charge in [0.1, 0.15) is 5.75 Å². The molecule has 0 aliphatic carbocycles. The third-order valence-electron chi connectivity index (χ3n) is 4.90. The van der Waals surface area contributed by atoms with Crippen molar-refractivity contribution in [3.05, 3.63) is 54.1 Å². The van der Waals surface area contributed by atoms with Crippen molar-refractivity contribution in [2.45, 2.75) is 44.0 Å². The van der Waals surface area contributed by atoms with Gasteiger partial charge in [-0.25, -0.2) is 8.42 Å². The average Bonchev–Trinajstić information content (AvgIpc) is 2.70. The van der Waals surface area contributed by atoms with Gasteiger partial charge in [-0.05, 0) is 63.1 Å². The van der Waals surface area contributed by atoms with Crippen LogP contribution in [0.25, 0.3) is 0 Å². The Hall–Kier alpha value is -2.38. The molecular weight excluding hydrogens is 376 g/mol. The second-order valence-corrected chi connectivity index (χ2v) is 8.76. The van der Waals surface area contributed by atoms with Crippen LogP contribution in [0.1, 0.15) is 43.5 Å². The largest absolute Gasteiger partial charge is 0.492 e. The molecule has 1 fully saturated rings. The van der Waals surface area contributed by atoms with E-state index in [1.165, 1.54) is 12.1 Å². The van der Waals surface area contributed by atoms with Crippen LogP contribution < -0.4 is 10.1 Å². The van der Waals surface area contributed by atoms with Gasteiger partial charge < -0.3 is 10.1 Å². The Morgan fingerprint density at radius 2 is 1.86 bits per heavy atom. The number of carbonyl (C=O) groups is 1. The van der Waals surface area contributed by atoms with Gasteiger partial charge in [0.25, 0.3) is 5.91 Å². The maximum absolute atomic E-state index is 12.9. The lowest BCUT2D eigenvalue weighted by Gasteiger charge is -2.32. The number of piperidine rings is 1. The Morgan fingerprint density at radius 1 is 1.14 bits per heavy atom. The van der Waals surface area contributed by atoms with Crippen molar-refractivity contribution in [2.24, 2.45) is 0 Å². The van der Waals surface area contributed by atoms with Gasteiger partial charge in [0.2, 0.25) is 10.0 Å². The van der Waals surface area contributed by atoms with Gasteiger partial charge in [0.15, 0.2) is 0 Å². The molecule has 1 heterocycles. The third-order valence-corrected chi connectivity index (χ3v) is 6.93. The maximum atomic E-state index is 12.9. The first-order valence-electron chi connectivity index (χ1n) is 9.58. The summed E-state index contributed by atoms with van der Waals surface area (Å²) >= 11 is 0. The molecule has 1 amide bonds. The molecule has 3 rings (SSSR count). The number of para-hydroxylation sites is 2. The molecule has 1 aliphatic heterocycles. The molecule has 2 aromatic carbocycles. The Morgan fingerprint density at radius 3 is 2.54 bits per heavy atom. The summed E-state index contributed by atoms with van der Waals surface area (Å²) in [6.07, 6.45) is 2.80. The number of rotatable bonds is 6. The van der Waals surface area contributed by atoms with E-state index in [1.54, 1.807) is 28.6 Å². The van der Waals surface area contributed by atoms with Crippen LogP contribution in [0.4, 0.5) is 5.69 Å². The topological polar surface area (TPSA) is 75.7 Å². The number of hydrogen-bond donors (Lipinski definition) is 1. The Bertz CT molecular complexity index is 926. The van der Waals surface area contributed by atoms with E-state index in [4.69, 9.17) is 4.74 Å². The second kappa shape index (κ2) is 8.75. The predicted molar refractivity (Wildman–Crippen MR) is 109 cm³/mol. The van der Waals surface area contributed by atoms with Crippen LogP contribution in [0.15, 0.2) is 53.4 Å². The van der Waals surface area contributed by atoms with E-state index in [-0.39, 0.29) is 16.8 Å². The van der Waals surface area contributed by atoms with E-state index in [1.807, 2.05) is 26.0 Å². The lowest BCUT2D eigenvalue weighted by molar-refractivity contribution is 0.102. The monoisotopic (exact) mass is 402 g/mol. The van der Waals surface area contributed by atoms with Crippen LogP contribution in [-0.2, 0) is 10.0 Å². The summed E-state index contributed by atoms with van der Waals surface area (Å²) < 4.78 is 32.9. The smallest absolute Gasteiger partial charge is 0.255 e. The number of hydrogen-bond acceptors (Lipinski definition) is 4.